The summed E-state index contributed by atoms with van der Waals surface area (Å²) in [7, 11) is 0. The van der Waals surface area contributed by atoms with Gasteiger partial charge in [-0.1, -0.05) is 42.5 Å². The normalized spacial score (nSPS) is 10.8. The Kier molecular flexibility index (Phi) is 4.79. The summed E-state index contributed by atoms with van der Waals surface area (Å²) in [5.74, 6) is 0.462. The highest BCUT2D eigenvalue weighted by molar-refractivity contribution is 5.82. The Morgan fingerprint density at radius 1 is 0.826 bits per heavy atom. The zero-order valence-corrected chi connectivity index (χ0v) is 12.5. The molecule has 0 atom stereocenters. The highest BCUT2D eigenvalue weighted by Crippen LogP contribution is 2.17. The smallest absolute Gasteiger partial charge is 0.148 e. The third-order valence-corrected chi connectivity index (χ3v) is 3.33. The molecule has 2 nitrogen and oxygen atoms in total. The molecule has 0 fully saturated rings. The molecule has 23 heavy (non-hydrogen) atoms. The number of para-hydroxylation sites is 1. The van der Waals surface area contributed by atoms with E-state index in [4.69, 9.17) is 4.74 Å². The van der Waals surface area contributed by atoms with E-state index in [9.17, 15) is 4.39 Å². The lowest BCUT2D eigenvalue weighted by Crippen LogP contribution is -1.95. The largest absolute Gasteiger partial charge is 0.489 e. The lowest BCUT2D eigenvalue weighted by atomic mass is 10.2. The first-order valence-electron chi connectivity index (χ1n) is 7.37. The Balaban J connectivity index is 1.62. The van der Waals surface area contributed by atoms with Crippen molar-refractivity contribution in [2.24, 2.45) is 4.99 Å². The van der Waals surface area contributed by atoms with E-state index in [0.29, 0.717) is 12.3 Å². The second kappa shape index (κ2) is 7.36. The molecular formula is C20H16FNO. The summed E-state index contributed by atoms with van der Waals surface area (Å²) in [5, 5.41) is 0. The molecule has 0 aliphatic carbocycles. The predicted octanol–water partition coefficient (Wildman–Crippen LogP) is 5.16. The van der Waals surface area contributed by atoms with E-state index in [1.54, 1.807) is 24.4 Å². The fourth-order valence-corrected chi connectivity index (χ4v) is 2.09. The van der Waals surface area contributed by atoms with E-state index < -0.39 is 0 Å². The van der Waals surface area contributed by atoms with Crippen molar-refractivity contribution in [1.29, 1.82) is 0 Å². The monoisotopic (exact) mass is 305 g/mol. The van der Waals surface area contributed by atoms with Crippen LogP contribution in [0.4, 0.5) is 10.1 Å². The average molecular weight is 305 g/mol. The molecule has 0 N–H and O–H groups in total. The van der Waals surface area contributed by atoms with Crippen LogP contribution in [0.1, 0.15) is 11.1 Å². The second-order valence-electron chi connectivity index (χ2n) is 5.05. The zero-order chi connectivity index (χ0) is 15.9. The summed E-state index contributed by atoms with van der Waals surface area (Å²) >= 11 is 0. The van der Waals surface area contributed by atoms with Gasteiger partial charge in [0.2, 0.25) is 0 Å². The van der Waals surface area contributed by atoms with Crippen LogP contribution in [-0.4, -0.2) is 6.21 Å². The van der Waals surface area contributed by atoms with Crippen LogP contribution < -0.4 is 4.74 Å². The Morgan fingerprint density at radius 2 is 1.52 bits per heavy atom. The Morgan fingerprint density at radius 3 is 2.26 bits per heavy atom. The van der Waals surface area contributed by atoms with Crippen molar-refractivity contribution in [1.82, 2.24) is 0 Å². The zero-order valence-electron chi connectivity index (χ0n) is 12.5. The average Bonchev–Trinajstić information content (AvgIpc) is 2.61. The minimum absolute atomic E-state index is 0.327. The van der Waals surface area contributed by atoms with Gasteiger partial charge in [-0.25, -0.2) is 4.39 Å². The summed E-state index contributed by atoms with van der Waals surface area (Å²) in [6.07, 6.45) is 1.64. The molecule has 0 unspecified atom stereocenters. The maximum Gasteiger partial charge on any atom is 0.148 e. The summed E-state index contributed by atoms with van der Waals surface area (Å²) in [4.78, 5) is 4.16. The molecule has 3 rings (SSSR count). The molecule has 0 amide bonds. The van der Waals surface area contributed by atoms with Gasteiger partial charge in [-0.2, -0.15) is 0 Å². The molecule has 0 spiro atoms. The third kappa shape index (κ3) is 4.27. The number of benzene rings is 3. The standard InChI is InChI=1S/C20H16FNO/c21-19-8-4-5-9-20(19)22-14-16-10-12-18(13-11-16)23-15-17-6-2-1-3-7-17/h1-14H,15H2. The number of hydrogen-bond donors (Lipinski definition) is 0. The van der Waals surface area contributed by atoms with E-state index in [2.05, 4.69) is 4.99 Å². The summed E-state index contributed by atoms with van der Waals surface area (Å²) < 4.78 is 19.2. The SMILES string of the molecule is Fc1ccccc1N=Cc1ccc(OCc2ccccc2)cc1. The van der Waals surface area contributed by atoms with Crippen LogP contribution in [0.5, 0.6) is 5.75 Å². The molecule has 3 aromatic rings. The lowest BCUT2D eigenvalue weighted by molar-refractivity contribution is 0.306. The maximum absolute atomic E-state index is 13.5. The molecule has 0 bridgehead atoms. The van der Waals surface area contributed by atoms with Crippen LogP contribution >= 0.6 is 0 Å². The molecule has 0 heterocycles. The van der Waals surface area contributed by atoms with Crippen LogP contribution in [0, 0.1) is 5.82 Å². The third-order valence-electron chi connectivity index (χ3n) is 3.33. The van der Waals surface area contributed by atoms with Gasteiger partial charge in [0.15, 0.2) is 0 Å². The quantitative estimate of drug-likeness (QED) is 0.597. The molecule has 0 radical (unpaired) electrons. The predicted molar refractivity (Wildman–Crippen MR) is 90.9 cm³/mol. The van der Waals surface area contributed by atoms with Crippen LogP contribution in [-0.2, 0) is 6.61 Å². The number of hydrogen-bond acceptors (Lipinski definition) is 2. The van der Waals surface area contributed by atoms with Crippen molar-refractivity contribution in [2.75, 3.05) is 0 Å². The van der Waals surface area contributed by atoms with Crippen molar-refractivity contribution in [3.8, 4) is 5.75 Å². The molecule has 0 aliphatic heterocycles. The van der Waals surface area contributed by atoms with Gasteiger partial charge < -0.3 is 4.74 Å². The van der Waals surface area contributed by atoms with E-state index >= 15 is 0 Å². The Hall–Kier alpha value is -2.94. The number of ether oxygens (including phenoxy) is 1. The topological polar surface area (TPSA) is 21.6 Å². The van der Waals surface area contributed by atoms with Crippen molar-refractivity contribution in [2.45, 2.75) is 6.61 Å². The second-order valence-corrected chi connectivity index (χ2v) is 5.05. The van der Waals surface area contributed by atoms with Gasteiger partial charge in [-0.05, 0) is 47.5 Å². The van der Waals surface area contributed by atoms with Crippen LogP contribution in [0.2, 0.25) is 0 Å². The van der Waals surface area contributed by atoms with Crippen LogP contribution in [0.25, 0.3) is 0 Å². The maximum atomic E-state index is 13.5. The number of rotatable bonds is 5. The van der Waals surface area contributed by atoms with E-state index in [-0.39, 0.29) is 5.82 Å². The number of halogens is 1. The minimum atomic E-state index is -0.327. The van der Waals surface area contributed by atoms with Crippen molar-refractivity contribution in [3.05, 3.63) is 95.8 Å². The number of nitrogens with zero attached hydrogens (tertiary/aromatic N) is 1. The van der Waals surface area contributed by atoms with Gasteiger partial charge in [0, 0.05) is 6.21 Å². The molecule has 3 heteroatoms. The molecule has 3 aromatic carbocycles. The molecule has 0 saturated heterocycles. The summed E-state index contributed by atoms with van der Waals surface area (Å²) in [6, 6.07) is 24.0. The number of aliphatic imine (C=N–C) groups is 1. The van der Waals surface area contributed by atoms with Gasteiger partial charge in [-0.3, -0.25) is 4.99 Å². The minimum Gasteiger partial charge on any atom is -0.489 e. The summed E-state index contributed by atoms with van der Waals surface area (Å²) in [6.45, 7) is 0.531. The van der Waals surface area contributed by atoms with E-state index in [0.717, 1.165) is 16.9 Å². The molecule has 0 aliphatic rings. The molecular weight excluding hydrogens is 289 g/mol. The fourth-order valence-electron chi connectivity index (χ4n) is 2.09. The first kappa shape index (κ1) is 15.0. The van der Waals surface area contributed by atoms with Gasteiger partial charge in [0.1, 0.15) is 18.2 Å². The van der Waals surface area contributed by atoms with Crippen LogP contribution in [0.15, 0.2) is 83.9 Å². The first-order chi connectivity index (χ1) is 11.3. The highest BCUT2D eigenvalue weighted by atomic mass is 19.1. The van der Waals surface area contributed by atoms with Gasteiger partial charge in [0.25, 0.3) is 0 Å². The molecule has 0 aromatic heterocycles. The van der Waals surface area contributed by atoms with Crippen molar-refractivity contribution >= 4 is 11.9 Å². The van der Waals surface area contributed by atoms with E-state index in [1.165, 1.54) is 6.07 Å². The van der Waals surface area contributed by atoms with Gasteiger partial charge >= 0.3 is 0 Å². The van der Waals surface area contributed by atoms with E-state index in [1.807, 2.05) is 54.6 Å². The summed E-state index contributed by atoms with van der Waals surface area (Å²) in [5.41, 5.74) is 2.34. The molecule has 114 valence electrons. The van der Waals surface area contributed by atoms with Gasteiger partial charge in [-0.15, -0.1) is 0 Å². The van der Waals surface area contributed by atoms with Crippen molar-refractivity contribution < 1.29 is 9.13 Å². The van der Waals surface area contributed by atoms with Gasteiger partial charge in [0.05, 0.1) is 5.69 Å². The fraction of sp³-hybridized carbons (Fsp3) is 0.0500. The highest BCUT2D eigenvalue weighted by Gasteiger charge is 1.98. The first-order valence-corrected chi connectivity index (χ1v) is 7.37. The van der Waals surface area contributed by atoms with Crippen molar-refractivity contribution in [3.63, 3.8) is 0 Å². The van der Waals surface area contributed by atoms with Crippen LogP contribution in [0.3, 0.4) is 0 Å². The lowest BCUT2D eigenvalue weighted by Gasteiger charge is -2.06. The Labute approximate surface area is 134 Å². The molecule has 0 saturated carbocycles. The Bertz CT molecular complexity index is 782.